The molecule has 0 amide bonds. The molecule has 0 aliphatic carbocycles. The third kappa shape index (κ3) is 0.858. The molecule has 1 aliphatic heterocycles. The van der Waals surface area contributed by atoms with Crippen LogP contribution < -0.4 is 5.32 Å². The highest BCUT2D eigenvalue weighted by atomic mass is 15.3. The summed E-state index contributed by atoms with van der Waals surface area (Å²) < 4.78 is 0. The molecule has 1 saturated heterocycles. The quantitative estimate of drug-likeness (QED) is 0.486. The van der Waals surface area contributed by atoms with Crippen molar-refractivity contribution in [1.82, 2.24) is 10.2 Å². The van der Waals surface area contributed by atoms with E-state index >= 15 is 0 Å². The van der Waals surface area contributed by atoms with Crippen molar-refractivity contribution in [3.63, 3.8) is 0 Å². The van der Waals surface area contributed by atoms with Crippen LogP contribution in [0, 0.1) is 0 Å². The SMILES string of the molecule is CN1CCNC1(C)C. The highest BCUT2D eigenvalue weighted by Gasteiger charge is 2.27. The van der Waals surface area contributed by atoms with Crippen LogP contribution in [-0.2, 0) is 0 Å². The van der Waals surface area contributed by atoms with Crippen LogP contribution in [0.15, 0.2) is 0 Å². The smallest absolute Gasteiger partial charge is 0.0652 e. The van der Waals surface area contributed by atoms with Crippen molar-refractivity contribution in [3.8, 4) is 0 Å². The summed E-state index contributed by atoms with van der Waals surface area (Å²) in [5.74, 6) is 0. The molecule has 8 heavy (non-hydrogen) atoms. The lowest BCUT2D eigenvalue weighted by molar-refractivity contribution is 0.197. The molecule has 1 heterocycles. The topological polar surface area (TPSA) is 15.3 Å². The van der Waals surface area contributed by atoms with Gasteiger partial charge in [-0.2, -0.15) is 0 Å². The minimum absolute atomic E-state index is 0.236. The van der Waals surface area contributed by atoms with Gasteiger partial charge in [-0.05, 0) is 20.9 Å². The Morgan fingerprint density at radius 3 is 2.25 bits per heavy atom. The maximum Gasteiger partial charge on any atom is 0.0652 e. The molecule has 0 aromatic heterocycles. The van der Waals surface area contributed by atoms with Crippen LogP contribution in [0.25, 0.3) is 0 Å². The van der Waals surface area contributed by atoms with E-state index in [1.807, 2.05) is 0 Å². The molecule has 2 nitrogen and oxygen atoms in total. The molecule has 1 aliphatic rings. The largest absolute Gasteiger partial charge is 0.298 e. The van der Waals surface area contributed by atoms with Gasteiger partial charge in [0.05, 0.1) is 5.66 Å². The second-order valence-corrected chi connectivity index (χ2v) is 2.91. The Bertz CT molecular complexity index is 88.5. The van der Waals surface area contributed by atoms with Crippen LogP contribution in [0.2, 0.25) is 0 Å². The fraction of sp³-hybridized carbons (Fsp3) is 1.00. The van der Waals surface area contributed by atoms with Gasteiger partial charge in [-0.1, -0.05) is 0 Å². The number of likely N-dealkylation sites (N-methyl/N-ethyl adjacent to an activating group) is 1. The van der Waals surface area contributed by atoms with Gasteiger partial charge in [-0.3, -0.25) is 10.2 Å². The monoisotopic (exact) mass is 114 g/mol. The maximum absolute atomic E-state index is 3.37. The molecule has 0 radical (unpaired) electrons. The number of hydrogen-bond acceptors (Lipinski definition) is 2. The van der Waals surface area contributed by atoms with Gasteiger partial charge in [-0.15, -0.1) is 0 Å². The van der Waals surface area contributed by atoms with Gasteiger partial charge in [0.25, 0.3) is 0 Å². The fourth-order valence-electron chi connectivity index (χ4n) is 0.944. The summed E-state index contributed by atoms with van der Waals surface area (Å²) in [6.45, 7) is 6.69. The summed E-state index contributed by atoms with van der Waals surface area (Å²) in [7, 11) is 2.14. The summed E-state index contributed by atoms with van der Waals surface area (Å²) >= 11 is 0. The zero-order valence-corrected chi connectivity index (χ0v) is 5.86. The summed E-state index contributed by atoms with van der Waals surface area (Å²) in [4.78, 5) is 2.31. The molecule has 0 unspecified atom stereocenters. The number of hydrogen-bond donors (Lipinski definition) is 1. The summed E-state index contributed by atoms with van der Waals surface area (Å²) in [6, 6.07) is 0. The Morgan fingerprint density at radius 2 is 2.12 bits per heavy atom. The Morgan fingerprint density at radius 1 is 1.50 bits per heavy atom. The second kappa shape index (κ2) is 1.71. The molecule has 0 aromatic carbocycles. The van der Waals surface area contributed by atoms with E-state index in [0.29, 0.717) is 0 Å². The Balaban J connectivity index is 2.54. The molecule has 0 saturated carbocycles. The third-order valence-corrected chi connectivity index (χ3v) is 1.96. The summed E-state index contributed by atoms with van der Waals surface area (Å²) in [5.41, 5.74) is 0.236. The van der Waals surface area contributed by atoms with Gasteiger partial charge in [-0.25, -0.2) is 0 Å². The molecule has 0 atom stereocenters. The van der Waals surface area contributed by atoms with Crippen molar-refractivity contribution in [2.75, 3.05) is 20.1 Å². The standard InChI is InChI=1S/C6H14N2/c1-6(2)7-4-5-8(6)3/h7H,4-5H2,1-3H3. The van der Waals surface area contributed by atoms with Crippen molar-refractivity contribution in [1.29, 1.82) is 0 Å². The lowest BCUT2D eigenvalue weighted by Crippen LogP contribution is -2.43. The molecule has 0 aromatic rings. The van der Waals surface area contributed by atoms with Crippen LogP contribution in [0.3, 0.4) is 0 Å². The second-order valence-electron chi connectivity index (χ2n) is 2.91. The van der Waals surface area contributed by atoms with E-state index in [1.165, 1.54) is 6.54 Å². The summed E-state index contributed by atoms with van der Waals surface area (Å²) in [6.07, 6.45) is 0. The molecule has 48 valence electrons. The van der Waals surface area contributed by atoms with E-state index in [1.54, 1.807) is 0 Å². The van der Waals surface area contributed by atoms with Gasteiger partial charge >= 0.3 is 0 Å². The average molecular weight is 114 g/mol. The molecule has 1 rings (SSSR count). The van der Waals surface area contributed by atoms with E-state index < -0.39 is 0 Å². The van der Waals surface area contributed by atoms with Crippen LogP contribution >= 0.6 is 0 Å². The van der Waals surface area contributed by atoms with E-state index in [0.717, 1.165) is 6.54 Å². The number of rotatable bonds is 0. The van der Waals surface area contributed by atoms with Crippen LogP contribution in [-0.4, -0.2) is 30.7 Å². The molecule has 1 N–H and O–H groups in total. The minimum atomic E-state index is 0.236. The van der Waals surface area contributed by atoms with Crippen molar-refractivity contribution < 1.29 is 0 Å². The minimum Gasteiger partial charge on any atom is -0.298 e. The first kappa shape index (κ1) is 6.05. The zero-order valence-electron chi connectivity index (χ0n) is 5.86. The van der Waals surface area contributed by atoms with E-state index in [4.69, 9.17) is 0 Å². The molecular weight excluding hydrogens is 100 g/mol. The van der Waals surface area contributed by atoms with Crippen molar-refractivity contribution in [2.45, 2.75) is 19.5 Å². The number of nitrogens with zero attached hydrogens (tertiary/aromatic N) is 1. The van der Waals surface area contributed by atoms with Gasteiger partial charge in [0.2, 0.25) is 0 Å². The van der Waals surface area contributed by atoms with Crippen LogP contribution in [0.5, 0.6) is 0 Å². The molecule has 0 bridgehead atoms. The summed E-state index contributed by atoms with van der Waals surface area (Å²) in [5, 5.41) is 3.37. The van der Waals surface area contributed by atoms with Crippen LogP contribution in [0.1, 0.15) is 13.8 Å². The maximum atomic E-state index is 3.37. The van der Waals surface area contributed by atoms with Gasteiger partial charge < -0.3 is 0 Å². The molecule has 1 fully saturated rings. The molecule has 2 heteroatoms. The predicted molar refractivity (Wildman–Crippen MR) is 34.7 cm³/mol. The Kier molecular flexibility index (Phi) is 1.29. The first-order valence-corrected chi connectivity index (χ1v) is 3.09. The average Bonchev–Trinajstić information content (AvgIpc) is 1.86. The Hall–Kier alpha value is -0.0800. The molecular formula is C6H14N2. The zero-order chi connectivity index (χ0) is 6.20. The lowest BCUT2D eigenvalue weighted by Gasteiger charge is -2.26. The highest BCUT2D eigenvalue weighted by Crippen LogP contribution is 2.11. The van der Waals surface area contributed by atoms with E-state index in [9.17, 15) is 0 Å². The molecule has 0 spiro atoms. The van der Waals surface area contributed by atoms with Crippen LogP contribution in [0.4, 0.5) is 0 Å². The van der Waals surface area contributed by atoms with Gasteiger partial charge in [0.15, 0.2) is 0 Å². The van der Waals surface area contributed by atoms with Gasteiger partial charge in [0, 0.05) is 13.1 Å². The first-order chi connectivity index (χ1) is 3.63. The normalized spacial score (nSPS) is 28.9. The van der Waals surface area contributed by atoms with Gasteiger partial charge in [0.1, 0.15) is 0 Å². The third-order valence-electron chi connectivity index (χ3n) is 1.96. The highest BCUT2D eigenvalue weighted by molar-refractivity contribution is 4.82. The van der Waals surface area contributed by atoms with E-state index in [-0.39, 0.29) is 5.66 Å². The Labute approximate surface area is 50.9 Å². The van der Waals surface area contributed by atoms with Crippen molar-refractivity contribution >= 4 is 0 Å². The van der Waals surface area contributed by atoms with Crippen molar-refractivity contribution in [2.24, 2.45) is 0 Å². The first-order valence-electron chi connectivity index (χ1n) is 3.09. The lowest BCUT2D eigenvalue weighted by atomic mass is 10.2. The van der Waals surface area contributed by atoms with E-state index in [2.05, 4.69) is 31.1 Å². The van der Waals surface area contributed by atoms with Crippen molar-refractivity contribution in [3.05, 3.63) is 0 Å². The predicted octanol–water partition coefficient (Wildman–Crippen LogP) is 0.257. The number of nitrogens with one attached hydrogen (secondary N) is 1. The fourth-order valence-corrected chi connectivity index (χ4v) is 0.944.